The molecule has 0 saturated heterocycles. The first kappa shape index (κ1) is 14.1. The van der Waals surface area contributed by atoms with Crippen molar-refractivity contribution in [3.05, 3.63) is 0 Å². The van der Waals surface area contributed by atoms with Gasteiger partial charge in [0.15, 0.2) is 0 Å². The summed E-state index contributed by atoms with van der Waals surface area (Å²) in [7, 11) is 0. The van der Waals surface area contributed by atoms with Crippen LogP contribution in [0.3, 0.4) is 0 Å². The average Bonchev–Trinajstić information content (AvgIpc) is 2.18. The first-order valence-corrected chi connectivity index (χ1v) is 5.80. The van der Waals surface area contributed by atoms with E-state index in [2.05, 4.69) is 6.92 Å². The van der Waals surface area contributed by atoms with E-state index in [0.29, 0.717) is 6.61 Å². The third-order valence-electron chi connectivity index (χ3n) is 2.41. The Bertz CT molecular complexity index is 199. The molecule has 0 aliphatic rings. The van der Waals surface area contributed by atoms with Gasteiger partial charge in [-0.1, -0.05) is 33.1 Å². The zero-order valence-electron chi connectivity index (χ0n) is 10.0. The number of rotatable bonds is 8. The predicted molar refractivity (Wildman–Crippen MR) is 59.6 cm³/mol. The van der Waals surface area contributed by atoms with Crippen LogP contribution in [-0.4, -0.2) is 18.4 Å². The van der Waals surface area contributed by atoms with Crippen molar-refractivity contribution in [2.24, 2.45) is 5.92 Å². The number of hydrogen-bond acceptors (Lipinski definition) is 3. The summed E-state index contributed by atoms with van der Waals surface area (Å²) < 4.78 is 4.73. The number of esters is 1. The lowest BCUT2D eigenvalue weighted by Crippen LogP contribution is -2.17. The summed E-state index contributed by atoms with van der Waals surface area (Å²) >= 11 is 0. The average molecular weight is 214 g/mol. The van der Waals surface area contributed by atoms with Gasteiger partial charge in [-0.25, -0.2) is 0 Å². The second-order valence-electron chi connectivity index (χ2n) is 3.84. The molecule has 3 nitrogen and oxygen atoms in total. The van der Waals surface area contributed by atoms with E-state index in [-0.39, 0.29) is 18.1 Å². The van der Waals surface area contributed by atoms with Gasteiger partial charge in [-0.15, -0.1) is 0 Å². The second kappa shape index (κ2) is 8.45. The van der Waals surface area contributed by atoms with Crippen LogP contribution in [0.1, 0.15) is 52.9 Å². The third-order valence-corrected chi connectivity index (χ3v) is 2.41. The van der Waals surface area contributed by atoms with Gasteiger partial charge in [0.2, 0.25) is 0 Å². The Kier molecular flexibility index (Phi) is 7.96. The molecule has 0 rings (SSSR count). The highest BCUT2D eigenvalue weighted by Gasteiger charge is 2.16. The van der Waals surface area contributed by atoms with Gasteiger partial charge < -0.3 is 4.74 Å². The smallest absolute Gasteiger partial charge is 0.313 e. The van der Waals surface area contributed by atoms with Crippen LogP contribution < -0.4 is 0 Å². The van der Waals surface area contributed by atoms with Crippen LogP contribution in [0.15, 0.2) is 0 Å². The third kappa shape index (κ3) is 7.11. The molecule has 0 bridgehead atoms. The monoisotopic (exact) mass is 214 g/mol. The normalized spacial score (nSPS) is 12.2. The predicted octanol–water partition coefficient (Wildman–Crippen LogP) is 2.73. The van der Waals surface area contributed by atoms with Crippen molar-refractivity contribution in [2.75, 3.05) is 6.61 Å². The summed E-state index contributed by atoms with van der Waals surface area (Å²) in [5.41, 5.74) is 0. The summed E-state index contributed by atoms with van der Waals surface area (Å²) in [6.07, 6.45) is 4.18. The van der Waals surface area contributed by atoms with Crippen molar-refractivity contribution in [1.82, 2.24) is 0 Å². The lowest BCUT2D eigenvalue weighted by molar-refractivity contribution is -0.146. The van der Waals surface area contributed by atoms with Gasteiger partial charge >= 0.3 is 5.97 Å². The molecule has 0 heterocycles. The second-order valence-corrected chi connectivity index (χ2v) is 3.84. The maximum absolute atomic E-state index is 11.5. The number of carbonyl (C=O) groups is 2. The van der Waals surface area contributed by atoms with E-state index in [1.54, 1.807) is 6.92 Å². The van der Waals surface area contributed by atoms with Crippen molar-refractivity contribution < 1.29 is 14.3 Å². The van der Waals surface area contributed by atoms with E-state index >= 15 is 0 Å². The van der Waals surface area contributed by atoms with E-state index < -0.39 is 5.97 Å². The molecule has 0 aliphatic carbocycles. The number of hydrogen-bond donors (Lipinski definition) is 0. The minimum absolute atomic E-state index is 0.00422. The molecule has 0 aromatic heterocycles. The summed E-state index contributed by atoms with van der Waals surface area (Å²) in [4.78, 5) is 22.6. The number of Topliss-reactive ketones (excluding diaryl/α,β-unsaturated/α-hetero) is 1. The molecule has 0 aromatic rings. The van der Waals surface area contributed by atoms with Crippen LogP contribution in [0, 0.1) is 5.92 Å². The summed E-state index contributed by atoms with van der Waals surface area (Å²) in [5, 5.41) is 0. The molecular weight excluding hydrogens is 192 g/mol. The van der Waals surface area contributed by atoms with Crippen LogP contribution in [0.4, 0.5) is 0 Å². The summed E-state index contributed by atoms with van der Waals surface area (Å²) in [5.74, 6) is -0.407. The van der Waals surface area contributed by atoms with Crippen molar-refractivity contribution in [1.29, 1.82) is 0 Å². The van der Waals surface area contributed by atoms with Gasteiger partial charge in [-0.3, -0.25) is 9.59 Å². The number of ketones is 1. The molecule has 88 valence electrons. The highest BCUT2D eigenvalue weighted by molar-refractivity contribution is 5.96. The van der Waals surface area contributed by atoms with Crippen molar-refractivity contribution >= 4 is 11.8 Å². The quantitative estimate of drug-likeness (QED) is 0.354. The zero-order valence-corrected chi connectivity index (χ0v) is 10.0. The topological polar surface area (TPSA) is 43.4 Å². The molecule has 0 N–H and O–H groups in total. The summed E-state index contributed by atoms with van der Waals surface area (Å²) in [6, 6.07) is 0. The van der Waals surface area contributed by atoms with Crippen molar-refractivity contribution in [3.8, 4) is 0 Å². The Labute approximate surface area is 92.2 Å². The molecule has 0 amide bonds. The van der Waals surface area contributed by atoms with Gasteiger partial charge in [0.25, 0.3) is 0 Å². The van der Waals surface area contributed by atoms with E-state index in [0.717, 1.165) is 25.7 Å². The fraction of sp³-hybridized carbons (Fsp3) is 0.833. The number of ether oxygens (including phenoxy) is 1. The first-order valence-electron chi connectivity index (χ1n) is 5.80. The SMILES string of the molecule is CCCCCC(C)C(=O)CC(=O)OCC. The molecule has 0 radical (unpaired) electrons. The van der Waals surface area contributed by atoms with Crippen LogP contribution in [0.5, 0.6) is 0 Å². The molecule has 0 saturated carbocycles. The molecule has 0 aliphatic heterocycles. The number of unbranched alkanes of at least 4 members (excludes halogenated alkanes) is 2. The van der Waals surface area contributed by atoms with Gasteiger partial charge in [-0.2, -0.15) is 0 Å². The Morgan fingerprint density at radius 3 is 2.40 bits per heavy atom. The van der Waals surface area contributed by atoms with Gasteiger partial charge in [-0.05, 0) is 13.3 Å². The Hall–Kier alpha value is -0.860. The lowest BCUT2D eigenvalue weighted by Gasteiger charge is -2.09. The van der Waals surface area contributed by atoms with Crippen molar-refractivity contribution in [3.63, 3.8) is 0 Å². The minimum Gasteiger partial charge on any atom is -0.466 e. The molecule has 15 heavy (non-hydrogen) atoms. The molecule has 3 heteroatoms. The van der Waals surface area contributed by atoms with E-state index in [4.69, 9.17) is 4.74 Å². The molecule has 0 fully saturated rings. The Morgan fingerprint density at radius 2 is 1.87 bits per heavy atom. The van der Waals surface area contributed by atoms with E-state index in [1.807, 2.05) is 6.92 Å². The van der Waals surface area contributed by atoms with E-state index in [9.17, 15) is 9.59 Å². The first-order chi connectivity index (χ1) is 7.11. The zero-order chi connectivity index (χ0) is 11.7. The molecular formula is C12H22O3. The molecule has 0 aromatic carbocycles. The van der Waals surface area contributed by atoms with Crippen molar-refractivity contribution in [2.45, 2.75) is 52.9 Å². The van der Waals surface area contributed by atoms with Crippen LogP contribution in [0.25, 0.3) is 0 Å². The fourth-order valence-corrected chi connectivity index (χ4v) is 1.39. The largest absolute Gasteiger partial charge is 0.466 e. The Balaban J connectivity index is 3.73. The highest BCUT2D eigenvalue weighted by atomic mass is 16.5. The molecule has 1 atom stereocenters. The minimum atomic E-state index is -0.398. The van der Waals surface area contributed by atoms with Crippen LogP contribution in [0.2, 0.25) is 0 Å². The van der Waals surface area contributed by atoms with Crippen LogP contribution in [-0.2, 0) is 14.3 Å². The number of carbonyl (C=O) groups excluding carboxylic acids is 2. The van der Waals surface area contributed by atoms with Gasteiger partial charge in [0, 0.05) is 5.92 Å². The maximum atomic E-state index is 11.5. The standard InChI is InChI=1S/C12H22O3/c1-4-6-7-8-10(3)11(13)9-12(14)15-5-2/h10H,4-9H2,1-3H3. The Morgan fingerprint density at radius 1 is 1.20 bits per heavy atom. The highest BCUT2D eigenvalue weighted by Crippen LogP contribution is 2.12. The van der Waals surface area contributed by atoms with Gasteiger partial charge in [0.05, 0.1) is 6.61 Å². The molecule has 0 spiro atoms. The summed E-state index contributed by atoms with van der Waals surface area (Å²) in [6.45, 7) is 6.10. The van der Waals surface area contributed by atoms with Gasteiger partial charge in [0.1, 0.15) is 12.2 Å². The van der Waals surface area contributed by atoms with E-state index in [1.165, 1.54) is 0 Å². The molecule has 1 unspecified atom stereocenters. The van der Waals surface area contributed by atoms with Crippen LogP contribution >= 0.6 is 0 Å². The fourth-order valence-electron chi connectivity index (χ4n) is 1.39. The lowest BCUT2D eigenvalue weighted by atomic mass is 9.97. The maximum Gasteiger partial charge on any atom is 0.313 e.